The molecule has 0 aliphatic carbocycles. The maximum absolute atomic E-state index is 12.6. The summed E-state index contributed by atoms with van der Waals surface area (Å²) in [7, 11) is 0. The summed E-state index contributed by atoms with van der Waals surface area (Å²) < 4.78 is 10.8. The molecule has 0 saturated carbocycles. The van der Waals surface area contributed by atoms with Gasteiger partial charge in [0, 0.05) is 16.7 Å². The lowest BCUT2D eigenvalue weighted by atomic mass is 10.1. The molecule has 1 fully saturated rings. The SMILES string of the molecule is CC1COCC(C)N1C(=O)Cc1cc(-c2ccc(Cl)cc2)on1. The minimum absolute atomic E-state index is 0.0456. The number of ether oxygens (including phenoxy) is 1. The van der Waals surface area contributed by atoms with E-state index in [0.29, 0.717) is 29.7 Å². The van der Waals surface area contributed by atoms with Gasteiger partial charge in [0.15, 0.2) is 5.76 Å². The Hall–Kier alpha value is -1.85. The van der Waals surface area contributed by atoms with Crippen molar-refractivity contribution >= 4 is 17.5 Å². The summed E-state index contributed by atoms with van der Waals surface area (Å²) in [5, 5.41) is 4.68. The first-order valence-electron chi connectivity index (χ1n) is 7.65. The maximum Gasteiger partial charge on any atom is 0.229 e. The maximum atomic E-state index is 12.6. The molecule has 0 radical (unpaired) electrons. The van der Waals surface area contributed by atoms with E-state index >= 15 is 0 Å². The first kappa shape index (κ1) is 16.0. The molecule has 1 aromatic heterocycles. The van der Waals surface area contributed by atoms with Gasteiger partial charge in [-0.1, -0.05) is 16.8 Å². The van der Waals surface area contributed by atoms with Gasteiger partial charge in [0.1, 0.15) is 0 Å². The lowest BCUT2D eigenvalue weighted by Gasteiger charge is -2.38. The first-order chi connectivity index (χ1) is 11.0. The number of hydrogen-bond donors (Lipinski definition) is 0. The molecule has 2 aromatic rings. The molecule has 2 heterocycles. The Bertz CT molecular complexity index is 673. The summed E-state index contributed by atoms with van der Waals surface area (Å²) in [5.74, 6) is 0.678. The van der Waals surface area contributed by atoms with Crippen molar-refractivity contribution in [2.24, 2.45) is 0 Å². The van der Waals surface area contributed by atoms with Gasteiger partial charge < -0.3 is 14.2 Å². The number of rotatable bonds is 3. The van der Waals surface area contributed by atoms with Crippen LogP contribution in [0, 0.1) is 0 Å². The molecule has 1 aliphatic rings. The third kappa shape index (κ3) is 3.57. The Kier molecular flexibility index (Phi) is 4.68. The lowest BCUT2D eigenvalue weighted by molar-refractivity contribution is -0.143. The fraction of sp³-hybridized carbons (Fsp3) is 0.412. The van der Waals surface area contributed by atoms with Gasteiger partial charge in [-0.3, -0.25) is 4.79 Å². The van der Waals surface area contributed by atoms with Crippen molar-refractivity contribution in [2.45, 2.75) is 32.4 Å². The Labute approximate surface area is 140 Å². The Morgan fingerprint density at radius 1 is 1.26 bits per heavy atom. The fourth-order valence-corrected chi connectivity index (χ4v) is 3.01. The summed E-state index contributed by atoms with van der Waals surface area (Å²) in [4.78, 5) is 14.4. The Morgan fingerprint density at radius 2 is 1.91 bits per heavy atom. The number of carbonyl (C=O) groups is 1. The molecule has 122 valence electrons. The number of morpholine rings is 1. The molecular weight excluding hydrogens is 316 g/mol. The van der Waals surface area contributed by atoms with Crippen LogP contribution < -0.4 is 0 Å². The molecule has 0 N–H and O–H groups in total. The van der Waals surface area contributed by atoms with Gasteiger partial charge in [-0.05, 0) is 38.1 Å². The smallest absolute Gasteiger partial charge is 0.229 e. The highest BCUT2D eigenvalue weighted by atomic mass is 35.5. The summed E-state index contributed by atoms with van der Waals surface area (Å²) in [6.07, 6.45) is 0.228. The molecule has 1 aromatic carbocycles. The summed E-state index contributed by atoms with van der Waals surface area (Å²) >= 11 is 5.88. The van der Waals surface area contributed by atoms with Crippen molar-refractivity contribution < 1.29 is 14.1 Å². The number of halogens is 1. The van der Waals surface area contributed by atoms with Gasteiger partial charge in [-0.15, -0.1) is 0 Å². The predicted octanol–water partition coefficient (Wildman–Crippen LogP) is 3.17. The van der Waals surface area contributed by atoms with E-state index in [-0.39, 0.29) is 24.4 Å². The van der Waals surface area contributed by atoms with Crippen LogP contribution in [0.15, 0.2) is 34.9 Å². The molecular formula is C17H19ClN2O3. The van der Waals surface area contributed by atoms with E-state index in [1.54, 1.807) is 18.2 Å². The average Bonchev–Trinajstić information content (AvgIpc) is 2.96. The topological polar surface area (TPSA) is 55.6 Å². The van der Waals surface area contributed by atoms with Crippen molar-refractivity contribution in [3.05, 3.63) is 41.0 Å². The van der Waals surface area contributed by atoms with Gasteiger partial charge >= 0.3 is 0 Å². The second-order valence-electron chi connectivity index (χ2n) is 5.90. The summed E-state index contributed by atoms with van der Waals surface area (Å²) in [6, 6.07) is 9.27. The van der Waals surface area contributed by atoms with Gasteiger partial charge in [-0.2, -0.15) is 0 Å². The summed E-state index contributed by atoms with van der Waals surface area (Å²) in [6.45, 7) is 5.14. The Balaban J connectivity index is 1.71. The van der Waals surface area contributed by atoms with E-state index in [4.69, 9.17) is 20.9 Å². The fourth-order valence-electron chi connectivity index (χ4n) is 2.89. The molecule has 2 atom stereocenters. The highest BCUT2D eigenvalue weighted by molar-refractivity contribution is 6.30. The number of amides is 1. The summed E-state index contributed by atoms with van der Waals surface area (Å²) in [5.41, 5.74) is 1.51. The van der Waals surface area contributed by atoms with Crippen molar-refractivity contribution in [1.82, 2.24) is 10.1 Å². The zero-order valence-electron chi connectivity index (χ0n) is 13.2. The molecule has 23 heavy (non-hydrogen) atoms. The number of nitrogens with zero attached hydrogens (tertiary/aromatic N) is 2. The number of hydrogen-bond acceptors (Lipinski definition) is 4. The van der Waals surface area contributed by atoms with E-state index in [1.807, 2.05) is 30.9 Å². The van der Waals surface area contributed by atoms with Crippen LogP contribution in [-0.4, -0.2) is 41.3 Å². The monoisotopic (exact) mass is 334 g/mol. The molecule has 1 amide bonds. The largest absolute Gasteiger partial charge is 0.377 e. The van der Waals surface area contributed by atoms with Crippen LogP contribution in [0.1, 0.15) is 19.5 Å². The average molecular weight is 335 g/mol. The molecule has 6 heteroatoms. The minimum atomic E-state index is 0.0456. The van der Waals surface area contributed by atoms with Crippen LogP contribution in [0.25, 0.3) is 11.3 Å². The second kappa shape index (κ2) is 6.72. The van der Waals surface area contributed by atoms with E-state index in [0.717, 1.165) is 5.56 Å². The van der Waals surface area contributed by atoms with Crippen molar-refractivity contribution in [3.8, 4) is 11.3 Å². The number of carbonyl (C=O) groups excluding carboxylic acids is 1. The van der Waals surface area contributed by atoms with Crippen LogP contribution in [0.2, 0.25) is 5.02 Å². The van der Waals surface area contributed by atoms with Gasteiger partial charge in [0.2, 0.25) is 5.91 Å². The zero-order chi connectivity index (χ0) is 16.4. The van der Waals surface area contributed by atoms with Crippen molar-refractivity contribution in [2.75, 3.05) is 13.2 Å². The molecule has 0 spiro atoms. The van der Waals surface area contributed by atoms with Crippen LogP contribution >= 0.6 is 11.6 Å². The molecule has 3 rings (SSSR count). The van der Waals surface area contributed by atoms with Crippen molar-refractivity contribution in [1.29, 1.82) is 0 Å². The second-order valence-corrected chi connectivity index (χ2v) is 6.34. The number of aromatic nitrogens is 1. The van der Waals surface area contributed by atoms with Crippen LogP contribution in [0.5, 0.6) is 0 Å². The number of benzene rings is 1. The van der Waals surface area contributed by atoms with Crippen molar-refractivity contribution in [3.63, 3.8) is 0 Å². The molecule has 2 unspecified atom stereocenters. The van der Waals surface area contributed by atoms with E-state index in [9.17, 15) is 4.79 Å². The highest BCUT2D eigenvalue weighted by Crippen LogP contribution is 2.23. The van der Waals surface area contributed by atoms with Gasteiger partial charge in [0.25, 0.3) is 0 Å². The van der Waals surface area contributed by atoms with E-state index < -0.39 is 0 Å². The zero-order valence-corrected chi connectivity index (χ0v) is 13.9. The van der Waals surface area contributed by atoms with Crippen LogP contribution in [-0.2, 0) is 16.0 Å². The van der Waals surface area contributed by atoms with Gasteiger partial charge in [-0.25, -0.2) is 0 Å². The molecule has 5 nitrogen and oxygen atoms in total. The molecule has 1 saturated heterocycles. The van der Waals surface area contributed by atoms with Gasteiger partial charge in [0.05, 0.1) is 37.4 Å². The third-order valence-corrected chi connectivity index (χ3v) is 4.23. The van der Waals surface area contributed by atoms with E-state index in [2.05, 4.69) is 5.16 Å². The molecule has 0 bridgehead atoms. The highest BCUT2D eigenvalue weighted by Gasteiger charge is 2.30. The van der Waals surface area contributed by atoms with Crippen LogP contribution in [0.4, 0.5) is 0 Å². The van der Waals surface area contributed by atoms with Crippen LogP contribution in [0.3, 0.4) is 0 Å². The third-order valence-electron chi connectivity index (χ3n) is 3.98. The first-order valence-corrected chi connectivity index (χ1v) is 8.03. The quantitative estimate of drug-likeness (QED) is 0.865. The Morgan fingerprint density at radius 3 is 2.57 bits per heavy atom. The minimum Gasteiger partial charge on any atom is -0.377 e. The molecule has 1 aliphatic heterocycles. The van der Waals surface area contributed by atoms with E-state index in [1.165, 1.54) is 0 Å². The normalized spacial score (nSPS) is 21.4. The standard InChI is InChI=1S/C17H19ClN2O3/c1-11-9-22-10-12(2)20(11)17(21)8-15-7-16(23-19-15)13-3-5-14(18)6-4-13/h3-7,11-12H,8-10H2,1-2H3. The lowest BCUT2D eigenvalue weighted by Crippen LogP contribution is -2.53. The predicted molar refractivity (Wildman–Crippen MR) is 87.2 cm³/mol.